The van der Waals surface area contributed by atoms with E-state index < -0.39 is 23.6 Å². The van der Waals surface area contributed by atoms with E-state index in [1.807, 2.05) is 13.8 Å². The van der Waals surface area contributed by atoms with E-state index in [1.54, 1.807) is 29.3 Å². The largest absolute Gasteiger partial charge is 0.475 e. The number of rotatable bonds is 5. The molecule has 3 aliphatic heterocycles. The highest BCUT2D eigenvalue weighted by Crippen LogP contribution is 2.39. The predicted molar refractivity (Wildman–Crippen MR) is 144 cm³/mol. The van der Waals surface area contributed by atoms with Gasteiger partial charge in [0.05, 0.1) is 30.1 Å². The van der Waals surface area contributed by atoms with Gasteiger partial charge in [-0.15, -0.1) is 0 Å². The molecule has 0 radical (unpaired) electrons. The molecule has 2 fully saturated rings. The molecule has 3 aliphatic rings. The fraction of sp³-hybridized carbons (Fsp3) is 0.429. The Hall–Kier alpha value is -3.97. The molecule has 3 aromatic rings. The van der Waals surface area contributed by atoms with E-state index in [4.69, 9.17) is 14.2 Å². The minimum Gasteiger partial charge on any atom is -0.475 e. The Morgan fingerprint density at radius 1 is 1.20 bits per heavy atom. The first kappa shape index (κ1) is 27.2. The first-order chi connectivity index (χ1) is 19.6. The summed E-state index contributed by atoms with van der Waals surface area (Å²) in [7, 11) is 0. The first-order valence-corrected chi connectivity index (χ1v) is 13.4. The number of halogens is 3. The van der Waals surface area contributed by atoms with Gasteiger partial charge in [-0.05, 0) is 44.9 Å². The summed E-state index contributed by atoms with van der Waals surface area (Å²) in [6.07, 6.45) is -1.55. The molecule has 0 saturated carbocycles. The average molecular weight is 571 g/mol. The summed E-state index contributed by atoms with van der Waals surface area (Å²) < 4.78 is 57.1. The number of piperidine rings is 1. The van der Waals surface area contributed by atoms with Crippen LogP contribution in [0.15, 0.2) is 48.7 Å². The number of amides is 2. The lowest BCUT2D eigenvalue weighted by Crippen LogP contribution is -2.56. The molecule has 5 heterocycles. The number of hydrogen-bond donors (Lipinski definition) is 1. The summed E-state index contributed by atoms with van der Waals surface area (Å²) in [5.41, 5.74) is 0.0642. The molecular weight excluding hydrogens is 541 g/mol. The topological polar surface area (TPSA) is 102 Å². The summed E-state index contributed by atoms with van der Waals surface area (Å²) in [6, 6.07) is 9.26. The van der Waals surface area contributed by atoms with Crippen molar-refractivity contribution in [2.24, 2.45) is 0 Å². The van der Waals surface area contributed by atoms with Crippen molar-refractivity contribution in [3.05, 3.63) is 54.2 Å². The number of alkyl halides is 3. The van der Waals surface area contributed by atoms with Gasteiger partial charge in [-0.25, -0.2) is 14.8 Å². The molecule has 41 heavy (non-hydrogen) atoms. The fourth-order valence-electron chi connectivity index (χ4n) is 5.32. The number of pyridine rings is 1. The van der Waals surface area contributed by atoms with Gasteiger partial charge in [0.15, 0.2) is 17.4 Å². The lowest BCUT2D eigenvalue weighted by Gasteiger charge is -2.45. The lowest BCUT2D eigenvalue weighted by atomic mass is 10.0. The number of nitrogens with zero attached hydrogens (tertiary/aromatic N) is 5. The van der Waals surface area contributed by atoms with Crippen molar-refractivity contribution < 1.29 is 32.2 Å². The van der Waals surface area contributed by atoms with Crippen LogP contribution < -0.4 is 19.9 Å². The molecule has 216 valence electrons. The highest BCUT2D eigenvalue weighted by Gasteiger charge is 2.39. The molecule has 0 spiro atoms. The smallest absolute Gasteiger partial charge is 0.416 e. The number of benzene rings is 1. The second-order valence-electron chi connectivity index (χ2n) is 10.6. The van der Waals surface area contributed by atoms with Crippen LogP contribution in [0.1, 0.15) is 32.3 Å². The molecule has 2 aromatic heterocycles. The molecule has 0 aliphatic carbocycles. The molecule has 2 amide bonds. The summed E-state index contributed by atoms with van der Waals surface area (Å²) in [4.78, 5) is 30.7. The number of aromatic nitrogens is 3. The van der Waals surface area contributed by atoms with Gasteiger partial charge in [0.25, 0.3) is 0 Å². The van der Waals surface area contributed by atoms with Crippen LogP contribution in [-0.2, 0) is 15.7 Å². The molecule has 2 bridgehead atoms. The van der Waals surface area contributed by atoms with Crippen molar-refractivity contribution in [2.75, 3.05) is 41.4 Å². The van der Waals surface area contributed by atoms with E-state index in [9.17, 15) is 18.0 Å². The van der Waals surface area contributed by atoms with Gasteiger partial charge in [-0.3, -0.25) is 10.2 Å². The van der Waals surface area contributed by atoms with Crippen molar-refractivity contribution >= 4 is 23.4 Å². The third-order valence-corrected chi connectivity index (χ3v) is 7.19. The average Bonchev–Trinajstić information content (AvgIpc) is 3.30. The van der Waals surface area contributed by atoms with Gasteiger partial charge in [-0.2, -0.15) is 18.2 Å². The highest BCUT2D eigenvalue weighted by molar-refractivity contribution is 6.04. The van der Waals surface area contributed by atoms with Crippen LogP contribution in [0.4, 0.5) is 35.3 Å². The van der Waals surface area contributed by atoms with Gasteiger partial charge in [0.2, 0.25) is 5.88 Å². The van der Waals surface area contributed by atoms with Crippen LogP contribution in [0.3, 0.4) is 0 Å². The van der Waals surface area contributed by atoms with Gasteiger partial charge >= 0.3 is 12.2 Å². The van der Waals surface area contributed by atoms with Gasteiger partial charge in [0.1, 0.15) is 18.5 Å². The van der Waals surface area contributed by atoms with E-state index in [0.717, 1.165) is 31.5 Å². The summed E-state index contributed by atoms with van der Waals surface area (Å²) in [6.45, 7) is 5.68. The maximum absolute atomic E-state index is 13.7. The standard InChI is InChI=1S/C28H29F3N6O4/c1-27(2)40-16-20(41-27)15-39-23-10-4-9-22(33-23)34-26(38)37-19-8-5-11-36(14-19)21-13-32-24(35-25(21)37)17-6-3-7-18(12-17)28(29,30)31/h3-4,6-7,9-10,12-13,19-20H,5,8,11,14-16H2,1-2H3,(H,33,34,38)/t19?,20-/m0/s1. The van der Waals surface area contributed by atoms with Crippen molar-refractivity contribution in [1.82, 2.24) is 15.0 Å². The minimum absolute atomic E-state index is 0.101. The van der Waals surface area contributed by atoms with E-state index in [0.29, 0.717) is 30.5 Å². The zero-order chi connectivity index (χ0) is 28.8. The van der Waals surface area contributed by atoms with Crippen LogP contribution in [-0.4, -0.2) is 65.2 Å². The third kappa shape index (κ3) is 5.77. The van der Waals surface area contributed by atoms with Crippen molar-refractivity contribution in [1.29, 1.82) is 0 Å². The fourth-order valence-corrected chi connectivity index (χ4v) is 5.32. The second kappa shape index (κ2) is 10.5. The van der Waals surface area contributed by atoms with Gasteiger partial charge < -0.3 is 19.1 Å². The van der Waals surface area contributed by atoms with Crippen molar-refractivity contribution in [3.8, 4) is 17.3 Å². The van der Waals surface area contributed by atoms with E-state index in [-0.39, 0.29) is 36.0 Å². The van der Waals surface area contributed by atoms with E-state index in [1.165, 1.54) is 12.1 Å². The monoisotopic (exact) mass is 570 g/mol. The number of carbonyl (C=O) groups excluding carboxylic acids is 1. The van der Waals surface area contributed by atoms with Crippen LogP contribution >= 0.6 is 0 Å². The Morgan fingerprint density at radius 2 is 2.02 bits per heavy atom. The van der Waals surface area contributed by atoms with Crippen LogP contribution in [0.2, 0.25) is 0 Å². The molecule has 2 atom stereocenters. The SMILES string of the molecule is CC1(C)OC[C@H](COc2cccc(NC(=O)N3c4nc(-c5cccc(C(F)(F)F)c5)ncc4N4CCCC3C4)n2)O1. The summed E-state index contributed by atoms with van der Waals surface area (Å²) >= 11 is 0. The Labute approximate surface area is 234 Å². The molecule has 1 unspecified atom stereocenters. The predicted octanol–water partition coefficient (Wildman–Crippen LogP) is 5.11. The minimum atomic E-state index is -4.50. The molecule has 13 heteroatoms. The van der Waals surface area contributed by atoms with Crippen molar-refractivity contribution in [3.63, 3.8) is 0 Å². The molecule has 1 N–H and O–H groups in total. The lowest BCUT2D eigenvalue weighted by molar-refractivity contribution is -0.141. The zero-order valence-electron chi connectivity index (χ0n) is 22.5. The Bertz CT molecular complexity index is 1450. The first-order valence-electron chi connectivity index (χ1n) is 13.4. The number of nitrogens with one attached hydrogen (secondary N) is 1. The number of carbonyl (C=O) groups is 1. The van der Waals surface area contributed by atoms with E-state index >= 15 is 0 Å². The Morgan fingerprint density at radius 3 is 2.80 bits per heavy atom. The van der Waals surface area contributed by atoms with Crippen molar-refractivity contribution in [2.45, 2.75) is 50.8 Å². The number of hydrogen-bond acceptors (Lipinski definition) is 8. The molecule has 10 nitrogen and oxygen atoms in total. The Balaban J connectivity index is 1.24. The van der Waals surface area contributed by atoms with E-state index in [2.05, 4.69) is 25.2 Å². The van der Waals surface area contributed by atoms with Gasteiger partial charge in [-0.1, -0.05) is 18.2 Å². The maximum atomic E-state index is 13.7. The summed E-state index contributed by atoms with van der Waals surface area (Å²) in [5.74, 6) is 0.371. The zero-order valence-corrected chi connectivity index (χ0v) is 22.5. The number of anilines is 3. The quantitative estimate of drug-likeness (QED) is 0.452. The number of urea groups is 1. The Kier molecular flexibility index (Phi) is 6.94. The molecule has 6 rings (SSSR count). The number of ether oxygens (including phenoxy) is 3. The van der Waals surface area contributed by atoms with Crippen LogP contribution in [0.25, 0.3) is 11.4 Å². The molecular formula is C28H29F3N6O4. The van der Waals surface area contributed by atoms with Crippen LogP contribution in [0.5, 0.6) is 5.88 Å². The summed E-state index contributed by atoms with van der Waals surface area (Å²) in [5, 5.41) is 2.84. The third-order valence-electron chi connectivity index (χ3n) is 7.19. The molecule has 2 saturated heterocycles. The molecule has 1 aromatic carbocycles. The van der Waals surface area contributed by atoms with Gasteiger partial charge in [0, 0.05) is 24.7 Å². The second-order valence-corrected chi connectivity index (χ2v) is 10.6. The van der Waals surface area contributed by atoms with Crippen LogP contribution in [0, 0.1) is 0 Å². The number of fused-ring (bicyclic) bond motifs is 4. The maximum Gasteiger partial charge on any atom is 0.416 e. The normalized spacial score (nSPS) is 21.4. The highest BCUT2D eigenvalue weighted by atomic mass is 19.4.